The molecular weight excluding hydrogens is 462 g/mol. The summed E-state index contributed by atoms with van der Waals surface area (Å²) in [6, 6.07) is 36.5. The Bertz CT molecular complexity index is 1990. The fourth-order valence-corrected chi connectivity index (χ4v) is 6.02. The Hall–Kier alpha value is -4.69. The largest absolute Gasteiger partial charge is 0.456 e. The van der Waals surface area contributed by atoms with Gasteiger partial charge in [0.2, 0.25) is 0 Å². The molecule has 0 saturated heterocycles. The van der Waals surface area contributed by atoms with Gasteiger partial charge in [0.25, 0.3) is 0 Å². The van der Waals surface area contributed by atoms with E-state index in [1.165, 1.54) is 55.1 Å². The lowest BCUT2D eigenvalue weighted by molar-refractivity contribution is 0.669. The molecule has 0 atom stereocenters. The number of benzene rings is 5. The number of nitrogens with zero attached hydrogens (tertiary/aromatic N) is 1. The molecule has 0 aliphatic carbocycles. The summed E-state index contributed by atoms with van der Waals surface area (Å²) in [5.41, 5.74) is 12.7. The molecule has 7 aromatic rings. The highest BCUT2D eigenvalue weighted by molar-refractivity contribution is 6.21. The van der Waals surface area contributed by atoms with Gasteiger partial charge in [0.05, 0.1) is 5.69 Å². The summed E-state index contributed by atoms with van der Waals surface area (Å²) in [5.74, 6) is 0. The van der Waals surface area contributed by atoms with Crippen molar-refractivity contribution in [1.82, 2.24) is 4.98 Å². The van der Waals surface area contributed by atoms with Crippen molar-refractivity contribution < 1.29 is 4.42 Å². The molecule has 2 heterocycles. The SMILES string of the molecule is Cc1cccc(C)c1-c1ccnc(-c2cccc(-c3cccc4c3ccc3oc5ccccc5c34)c2C)c1. The lowest BCUT2D eigenvalue weighted by Crippen LogP contribution is -1.93. The van der Waals surface area contributed by atoms with Crippen molar-refractivity contribution in [3.8, 4) is 33.5 Å². The Labute approximate surface area is 222 Å². The van der Waals surface area contributed by atoms with Crippen molar-refractivity contribution in [1.29, 1.82) is 0 Å². The van der Waals surface area contributed by atoms with E-state index in [4.69, 9.17) is 9.40 Å². The second-order valence-corrected chi connectivity index (χ2v) is 10.1. The summed E-state index contributed by atoms with van der Waals surface area (Å²) in [6.45, 7) is 6.56. The van der Waals surface area contributed by atoms with Gasteiger partial charge in [-0.05, 0) is 94.8 Å². The first-order valence-electron chi connectivity index (χ1n) is 13.1. The molecule has 2 aromatic heterocycles. The van der Waals surface area contributed by atoms with Crippen LogP contribution in [0.3, 0.4) is 0 Å². The minimum Gasteiger partial charge on any atom is -0.456 e. The average Bonchev–Trinajstić information content (AvgIpc) is 3.32. The van der Waals surface area contributed by atoms with E-state index in [0.717, 1.165) is 27.8 Å². The first kappa shape index (κ1) is 22.5. The number of hydrogen-bond donors (Lipinski definition) is 0. The smallest absolute Gasteiger partial charge is 0.136 e. The average molecular weight is 490 g/mol. The first-order valence-corrected chi connectivity index (χ1v) is 13.1. The number of fused-ring (bicyclic) bond motifs is 5. The molecule has 0 radical (unpaired) electrons. The van der Waals surface area contributed by atoms with E-state index < -0.39 is 0 Å². The Balaban J connectivity index is 1.41. The Morgan fingerprint density at radius 3 is 2.13 bits per heavy atom. The van der Waals surface area contributed by atoms with E-state index in [1.807, 2.05) is 18.3 Å². The molecule has 182 valence electrons. The maximum absolute atomic E-state index is 6.16. The molecular formula is C36H27NO. The minimum atomic E-state index is 0.924. The number of para-hydroxylation sites is 1. The van der Waals surface area contributed by atoms with Gasteiger partial charge in [0.15, 0.2) is 0 Å². The van der Waals surface area contributed by atoms with Crippen LogP contribution in [0.15, 0.2) is 114 Å². The lowest BCUT2D eigenvalue weighted by Gasteiger charge is -2.15. The standard InChI is InChI=1S/C36H27NO/c1-22-9-6-10-23(2)35(22)25-19-20-37-32(21-25)27-13-7-12-26(24(27)3)28-14-8-15-30-29(28)17-18-34-36(30)31-11-4-5-16-33(31)38-34/h4-21H,1-3H3. The molecule has 2 heteroatoms. The third-order valence-electron chi connectivity index (χ3n) is 7.83. The molecule has 0 spiro atoms. The lowest BCUT2D eigenvalue weighted by atomic mass is 9.90. The number of aromatic nitrogens is 1. The summed E-state index contributed by atoms with van der Waals surface area (Å²) in [5, 5.41) is 4.77. The zero-order valence-electron chi connectivity index (χ0n) is 21.7. The number of hydrogen-bond acceptors (Lipinski definition) is 2. The van der Waals surface area contributed by atoms with Gasteiger partial charge in [-0.3, -0.25) is 4.98 Å². The summed E-state index contributed by atoms with van der Waals surface area (Å²) >= 11 is 0. The predicted molar refractivity (Wildman–Crippen MR) is 160 cm³/mol. The van der Waals surface area contributed by atoms with Crippen LogP contribution in [0.4, 0.5) is 0 Å². The number of furan rings is 1. The van der Waals surface area contributed by atoms with Gasteiger partial charge in [0, 0.05) is 22.5 Å². The zero-order chi connectivity index (χ0) is 25.8. The second kappa shape index (κ2) is 8.71. The van der Waals surface area contributed by atoms with E-state index in [2.05, 4.69) is 112 Å². The third-order valence-corrected chi connectivity index (χ3v) is 7.83. The molecule has 0 unspecified atom stereocenters. The van der Waals surface area contributed by atoms with Crippen LogP contribution < -0.4 is 0 Å². The topological polar surface area (TPSA) is 26.0 Å². The molecule has 0 amide bonds. The highest BCUT2D eigenvalue weighted by atomic mass is 16.3. The first-order chi connectivity index (χ1) is 18.6. The fraction of sp³-hybridized carbons (Fsp3) is 0.0833. The van der Waals surface area contributed by atoms with Crippen LogP contribution in [0, 0.1) is 20.8 Å². The van der Waals surface area contributed by atoms with Crippen LogP contribution >= 0.6 is 0 Å². The van der Waals surface area contributed by atoms with E-state index in [0.29, 0.717) is 0 Å². The van der Waals surface area contributed by atoms with Crippen LogP contribution in [0.25, 0.3) is 66.2 Å². The summed E-state index contributed by atoms with van der Waals surface area (Å²) in [6.07, 6.45) is 1.93. The van der Waals surface area contributed by atoms with Crippen LogP contribution in [-0.4, -0.2) is 4.98 Å². The van der Waals surface area contributed by atoms with Gasteiger partial charge in [-0.1, -0.05) is 78.9 Å². The Kier molecular flexibility index (Phi) is 5.16. The van der Waals surface area contributed by atoms with Crippen molar-refractivity contribution in [3.05, 3.63) is 126 Å². The summed E-state index contributed by atoms with van der Waals surface area (Å²) in [7, 11) is 0. The Morgan fingerprint density at radius 1 is 0.553 bits per heavy atom. The number of pyridine rings is 1. The highest BCUT2D eigenvalue weighted by Gasteiger charge is 2.16. The molecule has 0 aliphatic heterocycles. The van der Waals surface area contributed by atoms with Gasteiger partial charge in [0.1, 0.15) is 11.2 Å². The van der Waals surface area contributed by atoms with Gasteiger partial charge in [-0.2, -0.15) is 0 Å². The molecule has 5 aromatic carbocycles. The maximum atomic E-state index is 6.16. The zero-order valence-corrected chi connectivity index (χ0v) is 21.7. The van der Waals surface area contributed by atoms with Gasteiger partial charge in [-0.15, -0.1) is 0 Å². The van der Waals surface area contributed by atoms with Crippen molar-refractivity contribution in [2.45, 2.75) is 20.8 Å². The highest BCUT2D eigenvalue weighted by Crippen LogP contribution is 2.40. The fourth-order valence-electron chi connectivity index (χ4n) is 6.02. The van der Waals surface area contributed by atoms with Crippen molar-refractivity contribution in [2.75, 3.05) is 0 Å². The molecule has 0 bridgehead atoms. The van der Waals surface area contributed by atoms with Crippen LogP contribution in [0.5, 0.6) is 0 Å². The van der Waals surface area contributed by atoms with Crippen molar-refractivity contribution >= 4 is 32.7 Å². The van der Waals surface area contributed by atoms with Gasteiger partial charge in [-0.25, -0.2) is 0 Å². The number of rotatable bonds is 3. The van der Waals surface area contributed by atoms with Gasteiger partial charge >= 0.3 is 0 Å². The second-order valence-electron chi connectivity index (χ2n) is 10.1. The maximum Gasteiger partial charge on any atom is 0.136 e. The van der Waals surface area contributed by atoms with Crippen molar-refractivity contribution in [2.24, 2.45) is 0 Å². The predicted octanol–water partition coefficient (Wildman–Crippen LogP) is 10.1. The third kappa shape index (κ3) is 3.45. The van der Waals surface area contributed by atoms with Gasteiger partial charge < -0.3 is 4.42 Å². The monoisotopic (exact) mass is 489 g/mol. The summed E-state index contributed by atoms with van der Waals surface area (Å²) < 4.78 is 6.16. The van der Waals surface area contributed by atoms with E-state index in [-0.39, 0.29) is 0 Å². The van der Waals surface area contributed by atoms with Crippen LogP contribution in [-0.2, 0) is 0 Å². The molecule has 7 rings (SSSR count). The van der Waals surface area contributed by atoms with Crippen LogP contribution in [0.1, 0.15) is 16.7 Å². The minimum absolute atomic E-state index is 0.924. The molecule has 0 fully saturated rings. The van der Waals surface area contributed by atoms with Crippen molar-refractivity contribution in [3.63, 3.8) is 0 Å². The number of aryl methyl sites for hydroxylation is 2. The Morgan fingerprint density at radius 2 is 1.26 bits per heavy atom. The summed E-state index contributed by atoms with van der Waals surface area (Å²) in [4.78, 5) is 4.81. The van der Waals surface area contributed by atoms with Crippen LogP contribution in [0.2, 0.25) is 0 Å². The van der Waals surface area contributed by atoms with E-state index in [9.17, 15) is 0 Å². The molecule has 0 aliphatic rings. The normalized spacial score (nSPS) is 11.6. The van der Waals surface area contributed by atoms with E-state index >= 15 is 0 Å². The quantitative estimate of drug-likeness (QED) is 0.247. The molecule has 0 N–H and O–H groups in total. The molecule has 0 saturated carbocycles. The van der Waals surface area contributed by atoms with E-state index in [1.54, 1.807) is 0 Å². The molecule has 38 heavy (non-hydrogen) atoms. The molecule has 2 nitrogen and oxygen atoms in total.